The molecule has 3 N–H and O–H groups in total. The van der Waals surface area contributed by atoms with Gasteiger partial charge in [-0.3, -0.25) is 0 Å². The van der Waals surface area contributed by atoms with Crippen molar-refractivity contribution in [1.29, 1.82) is 0 Å². The van der Waals surface area contributed by atoms with Crippen molar-refractivity contribution < 1.29 is 4.79 Å². The molecule has 4 heteroatoms. The van der Waals surface area contributed by atoms with E-state index in [4.69, 9.17) is 5.73 Å². The maximum Gasteiger partial charge on any atom is 0.317 e. The second-order valence-electron chi connectivity index (χ2n) is 5.00. The minimum Gasteiger partial charge on any atom is -0.335 e. The molecule has 0 atom stereocenters. The summed E-state index contributed by atoms with van der Waals surface area (Å²) >= 11 is 0. The third-order valence-corrected chi connectivity index (χ3v) is 3.53. The summed E-state index contributed by atoms with van der Waals surface area (Å²) in [5.74, 6) is 0. The summed E-state index contributed by atoms with van der Waals surface area (Å²) in [6.07, 6.45) is 8.08. The summed E-state index contributed by atoms with van der Waals surface area (Å²) < 4.78 is 0. The first kappa shape index (κ1) is 11.7. The average molecular weight is 225 g/mol. The van der Waals surface area contributed by atoms with Crippen molar-refractivity contribution in [3.63, 3.8) is 0 Å². The normalized spacial score (nSPS) is 21.1. The van der Waals surface area contributed by atoms with Gasteiger partial charge in [0.15, 0.2) is 0 Å². The Morgan fingerprint density at radius 1 is 1.25 bits per heavy atom. The molecule has 0 radical (unpaired) electrons. The fourth-order valence-corrected chi connectivity index (χ4v) is 2.43. The van der Waals surface area contributed by atoms with E-state index >= 15 is 0 Å². The van der Waals surface area contributed by atoms with Crippen LogP contribution in [-0.4, -0.2) is 36.1 Å². The third kappa shape index (κ3) is 3.11. The van der Waals surface area contributed by atoms with Crippen molar-refractivity contribution >= 4 is 6.03 Å². The minimum atomic E-state index is 0.142. The highest BCUT2D eigenvalue weighted by Gasteiger charge is 2.33. The van der Waals surface area contributed by atoms with Crippen molar-refractivity contribution in [2.75, 3.05) is 13.1 Å². The lowest BCUT2D eigenvalue weighted by Crippen LogP contribution is -2.45. The van der Waals surface area contributed by atoms with Gasteiger partial charge in [-0.05, 0) is 38.6 Å². The fourth-order valence-electron chi connectivity index (χ4n) is 2.43. The Bertz CT molecular complexity index is 234. The molecule has 0 spiro atoms. The van der Waals surface area contributed by atoms with Crippen LogP contribution in [0.3, 0.4) is 0 Å². The number of amides is 2. The summed E-state index contributed by atoms with van der Waals surface area (Å²) in [7, 11) is 0. The molecule has 2 aliphatic rings. The fraction of sp³-hybridized carbons (Fsp3) is 0.917. The van der Waals surface area contributed by atoms with Gasteiger partial charge in [0.25, 0.3) is 0 Å². The molecule has 4 nitrogen and oxygen atoms in total. The second-order valence-corrected chi connectivity index (χ2v) is 5.00. The highest BCUT2D eigenvalue weighted by molar-refractivity contribution is 5.75. The van der Waals surface area contributed by atoms with Gasteiger partial charge >= 0.3 is 6.03 Å². The number of hydrogen-bond donors (Lipinski definition) is 2. The highest BCUT2D eigenvalue weighted by atomic mass is 16.2. The number of urea groups is 1. The maximum absolute atomic E-state index is 12.1. The van der Waals surface area contributed by atoms with E-state index in [2.05, 4.69) is 5.32 Å². The number of hydrogen-bond acceptors (Lipinski definition) is 2. The number of nitrogens with one attached hydrogen (secondary N) is 1. The molecule has 92 valence electrons. The van der Waals surface area contributed by atoms with Gasteiger partial charge in [0, 0.05) is 18.6 Å². The lowest BCUT2D eigenvalue weighted by molar-refractivity contribution is 0.190. The zero-order chi connectivity index (χ0) is 11.4. The zero-order valence-corrected chi connectivity index (χ0v) is 9.95. The Hall–Kier alpha value is -0.770. The quantitative estimate of drug-likeness (QED) is 0.744. The smallest absolute Gasteiger partial charge is 0.317 e. The van der Waals surface area contributed by atoms with Crippen molar-refractivity contribution in [2.24, 2.45) is 5.73 Å². The van der Waals surface area contributed by atoms with Crippen LogP contribution in [0, 0.1) is 0 Å². The molecule has 0 unspecified atom stereocenters. The Kier molecular flexibility index (Phi) is 4.04. The van der Waals surface area contributed by atoms with Crippen LogP contribution in [0.1, 0.15) is 44.9 Å². The second kappa shape index (κ2) is 5.53. The van der Waals surface area contributed by atoms with E-state index in [1.165, 1.54) is 25.7 Å². The monoisotopic (exact) mass is 225 g/mol. The molecule has 16 heavy (non-hydrogen) atoms. The van der Waals surface area contributed by atoms with E-state index in [0.29, 0.717) is 18.6 Å². The van der Waals surface area contributed by atoms with Crippen LogP contribution < -0.4 is 11.1 Å². The van der Waals surface area contributed by atoms with Gasteiger partial charge in [-0.2, -0.15) is 0 Å². The Balaban J connectivity index is 1.78. The van der Waals surface area contributed by atoms with Gasteiger partial charge in [0.05, 0.1) is 0 Å². The predicted molar refractivity (Wildman–Crippen MR) is 64.2 cm³/mol. The van der Waals surface area contributed by atoms with Crippen LogP contribution >= 0.6 is 0 Å². The van der Waals surface area contributed by atoms with E-state index in [0.717, 1.165) is 25.8 Å². The van der Waals surface area contributed by atoms with E-state index in [9.17, 15) is 4.79 Å². The van der Waals surface area contributed by atoms with Crippen LogP contribution in [0.15, 0.2) is 0 Å². The van der Waals surface area contributed by atoms with Gasteiger partial charge in [-0.15, -0.1) is 0 Å². The molecule has 2 amide bonds. The van der Waals surface area contributed by atoms with Crippen LogP contribution in [0.25, 0.3) is 0 Å². The number of nitrogens with two attached hydrogens (primary N) is 1. The van der Waals surface area contributed by atoms with Crippen molar-refractivity contribution in [1.82, 2.24) is 10.2 Å². The summed E-state index contributed by atoms with van der Waals surface area (Å²) in [5, 5.41) is 3.16. The Labute approximate surface area is 97.6 Å². The lowest BCUT2D eigenvalue weighted by Gasteiger charge is -2.24. The maximum atomic E-state index is 12.1. The van der Waals surface area contributed by atoms with Gasteiger partial charge in [-0.25, -0.2) is 4.79 Å². The summed E-state index contributed by atoms with van der Waals surface area (Å²) in [6.45, 7) is 1.49. The Morgan fingerprint density at radius 3 is 2.50 bits per heavy atom. The first-order valence-electron chi connectivity index (χ1n) is 6.58. The molecule has 0 bridgehead atoms. The standard InChI is InChI=1S/C12H23N3O/c13-8-3-9-15(11-6-7-11)12(16)14-10-4-1-2-5-10/h10-11H,1-9,13H2,(H,14,16). The molecule has 0 heterocycles. The molecule has 0 aromatic carbocycles. The molecule has 0 aromatic heterocycles. The largest absolute Gasteiger partial charge is 0.335 e. The highest BCUT2D eigenvalue weighted by Crippen LogP contribution is 2.27. The average Bonchev–Trinajstić information content (AvgIpc) is 2.98. The molecule has 2 rings (SSSR count). The van der Waals surface area contributed by atoms with Crippen molar-refractivity contribution in [3.05, 3.63) is 0 Å². The summed E-state index contributed by atoms with van der Waals surface area (Å²) in [4.78, 5) is 14.1. The molecule has 0 saturated heterocycles. The summed E-state index contributed by atoms with van der Waals surface area (Å²) in [6, 6.07) is 1.06. The minimum absolute atomic E-state index is 0.142. The van der Waals surface area contributed by atoms with Gasteiger partial charge in [0.2, 0.25) is 0 Å². The van der Waals surface area contributed by atoms with E-state index < -0.39 is 0 Å². The molecule has 2 fully saturated rings. The van der Waals surface area contributed by atoms with Crippen LogP contribution in [0.5, 0.6) is 0 Å². The number of rotatable bonds is 5. The topological polar surface area (TPSA) is 58.4 Å². The predicted octanol–water partition coefficient (Wildman–Crippen LogP) is 1.45. The Morgan fingerprint density at radius 2 is 1.94 bits per heavy atom. The lowest BCUT2D eigenvalue weighted by atomic mass is 10.2. The number of nitrogens with zero attached hydrogens (tertiary/aromatic N) is 1. The zero-order valence-electron chi connectivity index (χ0n) is 9.95. The van der Waals surface area contributed by atoms with E-state index in [-0.39, 0.29) is 6.03 Å². The first-order valence-corrected chi connectivity index (χ1v) is 6.58. The molecule has 2 saturated carbocycles. The SMILES string of the molecule is NCCCN(C(=O)NC1CCCC1)C1CC1. The summed E-state index contributed by atoms with van der Waals surface area (Å²) in [5.41, 5.74) is 5.50. The van der Waals surface area contributed by atoms with E-state index in [1.807, 2.05) is 4.90 Å². The number of carbonyl (C=O) groups excluding carboxylic acids is 1. The van der Waals surface area contributed by atoms with Gasteiger partial charge in [0.1, 0.15) is 0 Å². The van der Waals surface area contributed by atoms with Crippen molar-refractivity contribution in [3.8, 4) is 0 Å². The molecule has 0 aromatic rings. The molecule has 0 aliphatic heterocycles. The molecular formula is C12H23N3O. The first-order chi connectivity index (χ1) is 7.81. The van der Waals surface area contributed by atoms with Gasteiger partial charge < -0.3 is 16.0 Å². The number of carbonyl (C=O) groups is 1. The van der Waals surface area contributed by atoms with Crippen LogP contribution in [-0.2, 0) is 0 Å². The molecule has 2 aliphatic carbocycles. The van der Waals surface area contributed by atoms with Gasteiger partial charge in [-0.1, -0.05) is 12.8 Å². The van der Waals surface area contributed by atoms with Crippen LogP contribution in [0.4, 0.5) is 4.79 Å². The van der Waals surface area contributed by atoms with E-state index in [1.54, 1.807) is 0 Å². The van der Waals surface area contributed by atoms with Crippen LogP contribution in [0.2, 0.25) is 0 Å². The van der Waals surface area contributed by atoms with Crippen molar-refractivity contribution in [2.45, 2.75) is 57.0 Å². The molecular weight excluding hydrogens is 202 g/mol. The third-order valence-electron chi connectivity index (χ3n) is 3.53.